The molecular weight excluding hydrogens is 182 g/mol. The summed E-state index contributed by atoms with van der Waals surface area (Å²) in [5.41, 5.74) is 0.738. The van der Waals surface area contributed by atoms with Crippen molar-refractivity contribution >= 4 is 12.6 Å². The fourth-order valence-corrected chi connectivity index (χ4v) is 1.19. The van der Waals surface area contributed by atoms with E-state index in [0.29, 0.717) is 0 Å². The zero-order chi connectivity index (χ0) is 10.9. The van der Waals surface area contributed by atoms with E-state index < -0.39 is 12.9 Å². The quantitative estimate of drug-likeness (QED) is 0.652. The van der Waals surface area contributed by atoms with Crippen molar-refractivity contribution in [2.24, 2.45) is 0 Å². The van der Waals surface area contributed by atoms with Crippen molar-refractivity contribution in [1.29, 1.82) is 0 Å². The summed E-state index contributed by atoms with van der Waals surface area (Å²) in [6, 6.07) is 4.14. The average Bonchev–Trinajstić information content (AvgIpc) is 2.01. The number of benzene rings is 1. The predicted octanol–water partition coefficient (Wildman–Crippen LogP) is 0.803. The molecule has 2 N–H and O–H groups in total. The highest BCUT2D eigenvalue weighted by molar-refractivity contribution is 6.58. The van der Waals surface area contributed by atoms with E-state index in [1.165, 1.54) is 6.07 Å². The van der Waals surface area contributed by atoms with Gasteiger partial charge in [0.15, 0.2) is 0 Å². The third-order valence-electron chi connectivity index (χ3n) is 2.08. The lowest BCUT2D eigenvalue weighted by molar-refractivity contribution is 0.425. The summed E-state index contributed by atoms with van der Waals surface area (Å²) in [5, 5.41) is 17.9. The van der Waals surface area contributed by atoms with Gasteiger partial charge in [-0.15, -0.1) is 0 Å². The summed E-state index contributed by atoms with van der Waals surface area (Å²) >= 11 is 0. The minimum Gasteiger partial charge on any atom is -0.423 e. The lowest BCUT2D eigenvalue weighted by Crippen LogP contribution is -2.31. The van der Waals surface area contributed by atoms with Crippen LogP contribution in [0.4, 0.5) is 4.39 Å². The molecule has 0 aliphatic carbocycles. The summed E-state index contributed by atoms with van der Waals surface area (Å²) in [6.45, 7) is 5.82. The van der Waals surface area contributed by atoms with Crippen molar-refractivity contribution in [3.05, 3.63) is 29.6 Å². The second-order valence-corrected chi connectivity index (χ2v) is 4.40. The molecule has 14 heavy (non-hydrogen) atoms. The Hall–Kier alpha value is -0.865. The molecule has 0 saturated heterocycles. The van der Waals surface area contributed by atoms with Crippen LogP contribution >= 0.6 is 0 Å². The molecule has 0 fully saturated rings. The van der Waals surface area contributed by atoms with Gasteiger partial charge in [0.2, 0.25) is 0 Å². The van der Waals surface area contributed by atoms with Crippen LogP contribution in [0.5, 0.6) is 0 Å². The van der Waals surface area contributed by atoms with E-state index in [1.54, 1.807) is 6.07 Å². The van der Waals surface area contributed by atoms with Crippen LogP contribution in [0.3, 0.4) is 0 Å². The molecule has 0 unspecified atom stereocenters. The highest BCUT2D eigenvalue weighted by Gasteiger charge is 2.19. The fourth-order valence-electron chi connectivity index (χ4n) is 1.19. The van der Waals surface area contributed by atoms with Crippen LogP contribution < -0.4 is 5.46 Å². The van der Waals surface area contributed by atoms with Crippen LogP contribution in [0.25, 0.3) is 0 Å². The minimum atomic E-state index is -1.62. The molecule has 0 bridgehead atoms. The Kier molecular flexibility index (Phi) is 2.97. The first kappa shape index (κ1) is 11.2. The molecule has 0 aromatic heterocycles. The molecule has 0 radical (unpaired) electrons. The van der Waals surface area contributed by atoms with Crippen LogP contribution in [-0.4, -0.2) is 17.2 Å². The molecule has 1 aromatic rings. The van der Waals surface area contributed by atoms with Crippen LogP contribution in [0, 0.1) is 5.82 Å². The first-order chi connectivity index (χ1) is 6.30. The van der Waals surface area contributed by atoms with E-state index in [2.05, 4.69) is 0 Å². The highest BCUT2D eigenvalue weighted by Crippen LogP contribution is 2.21. The normalized spacial score (nSPS) is 11.6. The van der Waals surface area contributed by atoms with Crippen LogP contribution in [-0.2, 0) is 5.41 Å². The van der Waals surface area contributed by atoms with Gasteiger partial charge in [-0.3, -0.25) is 0 Å². The Morgan fingerprint density at radius 2 is 1.71 bits per heavy atom. The predicted molar refractivity (Wildman–Crippen MR) is 54.9 cm³/mol. The molecule has 0 saturated carbocycles. The highest BCUT2D eigenvalue weighted by atomic mass is 19.1. The summed E-state index contributed by atoms with van der Waals surface area (Å²) in [6.07, 6.45) is 0. The lowest BCUT2D eigenvalue weighted by atomic mass is 9.76. The smallest absolute Gasteiger partial charge is 0.423 e. The number of hydrogen-bond donors (Lipinski definition) is 2. The first-order valence-corrected chi connectivity index (χ1v) is 4.48. The largest absolute Gasteiger partial charge is 0.488 e. The zero-order valence-corrected chi connectivity index (χ0v) is 8.58. The first-order valence-electron chi connectivity index (χ1n) is 4.48. The molecular formula is C10H14BFO2. The van der Waals surface area contributed by atoms with Gasteiger partial charge in [0, 0.05) is 0 Å². The van der Waals surface area contributed by atoms with Crippen LogP contribution in [0.1, 0.15) is 26.3 Å². The fraction of sp³-hybridized carbons (Fsp3) is 0.400. The van der Waals surface area contributed by atoms with Crippen molar-refractivity contribution in [3.8, 4) is 0 Å². The summed E-state index contributed by atoms with van der Waals surface area (Å²) in [7, 11) is -1.62. The Morgan fingerprint density at radius 3 is 2.14 bits per heavy atom. The number of rotatable bonds is 1. The molecule has 1 aromatic carbocycles. The maximum absolute atomic E-state index is 13.1. The minimum absolute atomic E-state index is 0.190. The van der Waals surface area contributed by atoms with Gasteiger partial charge in [-0.2, -0.15) is 0 Å². The van der Waals surface area contributed by atoms with Crippen molar-refractivity contribution in [3.63, 3.8) is 0 Å². The lowest BCUT2D eigenvalue weighted by Gasteiger charge is -2.20. The van der Waals surface area contributed by atoms with Crippen molar-refractivity contribution in [2.75, 3.05) is 0 Å². The molecule has 0 aliphatic rings. The Balaban J connectivity index is 3.21. The topological polar surface area (TPSA) is 40.5 Å². The van der Waals surface area contributed by atoms with Crippen LogP contribution in [0.15, 0.2) is 18.2 Å². The average molecular weight is 196 g/mol. The van der Waals surface area contributed by atoms with E-state index in [4.69, 9.17) is 10.0 Å². The molecule has 4 heteroatoms. The number of halogens is 1. The van der Waals surface area contributed by atoms with E-state index in [1.807, 2.05) is 20.8 Å². The second-order valence-electron chi connectivity index (χ2n) is 4.40. The SMILES string of the molecule is CC(C)(C)c1cc(F)cc(B(O)O)c1. The molecule has 76 valence electrons. The van der Waals surface area contributed by atoms with Gasteiger partial charge in [-0.05, 0) is 28.6 Å². The molecule has 0 heterocycles. The van der Waals surface area contributed by atoms with Gasteiger partial charge in [-0.25, -0.2) is 4.39 Å². The Bertz CT molecular complexity index is 331. The van der Waals surface area contributed by atoms with Gasteiger partial charge in [0.05, 0.1) is 0 Å². The Labute approximate surface area is 83.5 Å². The van der Waals surface area contributed by atoms with E-state index >= 15 is 0 Å². The van der Waals surface area contributed by atoms with Crippen molar-refractivity contribution in [1.82, 2.24) is 0 Å². The molecule has 1 rings (SSSR count). The van der Waals surface area contributed by atoms with Gasteiger partial charge in [0.1, 0.15) is 5.82 Å². The maximum atomic E-state index is 13.1. The monoisotopic (exact) mass is 196 g/mol. The molecule has 2 nitrogen and oxygen atoms in total. The Morgan fingerprint density at radius 1 is 1.14 bits per heavy atom. The van der Waals surface area contributed by atoms with Gasteiger partial charge in [0.25, 0.3) is 0 Å². The third kappa shape index (κ3) is 2.56. The zero-order valence-electron chi connectivity index (χ0n) is 8.58. The standard InChI is InChI=1S/C10H14BFO2/c1-10(2,3)7-4-8(11(13)14)6-9(12)5-7/h4-6,13-14H,1-3H3. The third-order valence-corrected chi connectivity index (χ3v) is 2.08. The van der Waals surface area contributed by atoms with Gasteiger partial charge >= 0.3 is 7.12 Å². The summed E-state index contributed by atoms with van der Waals surface area (Å²) in [4.78, 5) is 0. The second kappa shape index (κ2) is 3.71. The molecule has 0 spiro atoms. The van der Waals surface area contributed by atoms with E-state index in [0.717, 1.165) is 11.6 Å². The number of hydrogen-bond acceptors (Lipinski definition) is 2. The van der Waals surface area contributed by atoms with Crippen molar-refractivity contribution in [2.45, 2.75) is 26.2 Å². The molecule has 0 aliphatic heterocycles. The van der Waals surface area contributed by atoms with E-state index in [-0.39, 0.29) is 10.9 Å². The van der Waals surface area contributed by atoms with Crippen LogP contribution in [0.2, 0.25) is 0 Å². The molecule has 0 atom stereocenters. The van der Waals surface area contributed by atoms with Crippen molar-refractivity contribution < 1.29 is 14.4 Å². The molecule has 0 amide bonds. The maximum Gasteiger partial charge on any atom is 0.488 e. The van der Waals surface area contributed by atoms with E-state index in [9.17, 15) is 4.39 Å². The summed E-state index contributed by atoms with van der Waals surface area (Å²) in [5.74, 6) is -0.444. The van der Waals surface area contributed by atoms with Gasteiger partial charge in [-0.1, -0.05) is 26.8 Å². The summed E-state index contributed by atoms with van der Waals surface area (Å²) < 4.78 is 13.1. The van der Waals surface area contributed by atoms with Gasteiger partial charge < -0.3 is 10.0 Å².